The SMILES string of the molecule is CN1CCCC(Oc2cc(Cl)nc(C#N)c2)C1. The van der Waals surface area contributed by atoms with E-state index in [1.54, 1.807) is 12.1 Å². The number of halogens is 1. The van der Waals surface area contributed by atoms with Gasteiger partial charge >= 0.3 is 0 Å². The van der Waals surface area contributed by atoms with E-state index in [0.717, 1.165) is 25.9 Å². The average Bonchev–Trinajstić information content (AvgIpc) is 2.28. The number of likely N-dealkylation sites (tertiary alicyclic amines) is 1. The maximum absolute atomic E-state index is 8.80. The molecule has 0 aliphatic carbocycles. The van der Waals surface area contributed by atoms with E-state index in [-0.39, 0.29) is 11.8 Å². The third kappa shape index (κ3) is 3.32. The summed E-state index contributed by atoms with van der Waals surface area (Å²) >= 11 is 5.82. The summed E-state index contributed by atoms with van der Waals surface area (Å²) in [4.78, 5) is 6.11. The molecule has 2 rings (SSSR count). The minimum absolute atomic E-state index is 0.166. The molecule has 0 spiro atoms. The van der Waals surface area contributed by atoms with Gasteiger partial charge in [-0.2, -0.15) is 5.26 Å². The van der Waals surface area contributed by atoms with Gasteiger partial charge in [-0.25, -0.2) is 4.98 Å². The summed E-state index contributed by atoms with van der Waals surface area (Å²) in [5.74, 6) is 0.627. The van der Waals surface area contributed by atoms with Gasteiger partial charge in [0.25, 0.3) is 0 Å². The van der Waals surface area contributed by atoms with Crippen LogP contribution < -0.4 is 4.74 Å². The van der Waals surface area contributed by atoms with Gasteiger partial charge in [0, 0.05) is 18.7 Å². The van der Waals surface area contributed by atoms with Crippen LogP contribution in [0.5, 0.6) is 5.75 Å². The molecule has 1 aromatic rings. The van der Waals surface area contributed by atoms with Crippen molar-refractivity contribution in [2.75, 3.05) is 20.1 Å². The van der Waals surface area contributed by atoms with Crippen LogP contribution in [-0.2, 0) is 0 Å². The van der Waals surface area contributed by atoms with Gasteiger partial charge in [0.1, 0.15) is 28.8 Å². The second-order valence-corrected chi connectivity index (χ2v) is 4.65. The van der Waals surface area contributed by atoms with Crippen LogP contribution >= 0.6 is 11.6 Å². The Hall–Kier alpha value is -1.31. The Morgan fingerprint density at radius 1 is 1.59 bits per heavy atom. The Morgan fingerprint density at radius 3 is 3.12 bits per heavy atom. The van der Waals surface area contributed by atoms with Gasteiger partial charge in [0.05, 0.1) is 0 Å². The number of nitrogens with zero attached hydrogens (tertiary/aromatic N) is 3. The van der Waals surface area contributed by atoms with E-state index in [9.17, 15) is 0 Å². The summed E-state index contributed by atoms with van der Waals surface area (Å²) in [6, 6.07) is 5.24. The number of hydrogen-bond acceptors (Lipinski definition) is 4. The van der Waals surface area contributed by atoms with Crippen molar-refractivity contribution in [2.24, 2.45) is 0 Å². The molecule has 0 saturated carbocycles. The van der Waals surface area contributed by atoms with Crippen molar-refractivity contribution in [3.63, 3.8) is 0 Å². The van der Waals surface area contributed by atoms with E-state index < -0.39 is 0 Å². The summed E-state index contributed by atoms with van der Waals surface area (Å²) in [6.45, 7) is 2.02. The molecular formula is C12H14ClN3O. The van der Waals surface area contributed by atoms with Gasteiger partial charge in [-0.1, -0.05) is 11.6 Å². The first-order valence-corrected chi connectivity index (χ1v) is 5.98. The van der Waals surface area contributed by atoms with Crippen molar-refractivity contribution in [3.8, 4) is 11.8 Å². The molecule has 1 fully saturated rings. The molecule has 1 aromatic heterocycles. The van der Waals surface area contributed by atoms with E-state index in [0.29, 0.717) is 10.9 Å². The van der Waals surface area contributed by atoms with Gasteiger partial charge in [0.2, 0.25) is 0 Å². The molecule has 0 amide bonds. The van der Waals surface area contributed by atoms with Crippen molar-refractivity contribution < 1.29 is 4.74 Å². The summed E-state index contributed by atoms with van der Waals surface area (Å²) in [5, 5.41) is 9.09. The molecule has 0 radical (unpaired) electrons. The second kappa shape index (κ2) is 5.35. The maximum atomic E-state index is 8.80. The maximum Gasteiger partial charge on any atom is 0.145 e. The first-order chi connectivity index (χ1) is 8.17. The van der Waals surface area contributed by atoms with E-state index in [2.05, 4.69) is 16.9 Å². The molecule has 0 bridgehead atoms. The molecule has 0 N–H and O–H groups in total. The van der Waals surface area contributed by atoms with Gasteiger partial charge in [-0.15, -0.1) is 0 Å². The Labute approximate surface area is 106 Å². The molecule has 1 saturated heterocycles. The van der Waals surface area contributed by atoms with Gasteiger partial charge in [-0.3, -0.25) is 0 Å². The highest BCUT2D eigenvalue weighted by molar-refractivity contribution is 6.29. The minimum atomic E-state index is 0.166. The van der Waals surface area contributed by atoms with E-state index in [1.807, 2.05) is 6.07 Å². The minimum Gasteiger partial charge on any atom is -0.489 e. The number of pyridine rings is 1. The molecule has 1 aliphatic rings. The second-order valence-electron chi connectivity index (χ2n) is 4.27. The third-order valence-corrected chi connectivity index (χ3v) is 2.96. The Balaban J connectivity index is 2.07. The zero-order chi connectivity index (χ0) is 12.3. The number of hydrogen-bond donors (Lipinski definition) is 0. The van der Waals surface area contributed by atoms with E-state index in [4.69, 9.17) is 21.6 Å². The molecule has 1 atom stereocenters. The number of piperidine rings is 1. The van der Waals surface area contributed by atoms with Crippen LogP contribution in [0.1, 0.15) is 18.5 Å². The van der Waals surface area contributed by atoms with Crippen LogP contribution in [0.4, 0.5) is 0 Å². The fourth-order valence-electron chi connectivity index (χ4n) is 2.01. The van der Waals surface area contributed by atoms with Crippen LogP contribution in [-0.4, -0.2) is 36.1 Å². The predicted octanol–water partition coefficient (Wildman–Crippen LogP) is 2.08. The van der Waals surface area contributed by atoms with Crippen molar-refractivity contribution >= 4 is 11.6 Å². The highest BCUT2D eigenvalue weighted by atomic mass is 35.5. The number of aromatic nitrogens is 1. The highest BCUT2D eigenvalue weighted by Gasteiger charge is 2.18. The molecule has 4 nitrogen and oxygen atoms in total. The zero-order valence-electron chi connectivity index (χ0n) is 9.69. The number of likely N-dealkylation sites (N-methyl/N-ethyl adjacent to an activating group) is 1. The van der Waals surface area contributed by atoms with Crippen molar-refractivity contribution in [3.05, 3.63) is 23.0 Å². The molecular weight excluding hydrogens is 238 g/mol. The first-order valence-electron chi connectivity index (χ1n) is 5.60. The Kier molecular flexibility index (Phi) is 3.82. The smallest absolute Gasteiger partial charge is 0.145 e. The lowest BCUT2D eigenvalue weighted by atomic mass is 10.1. The van der Waals surface area contributed by atoms with Crippen LogP contribution in [0.25, 0.3) is 0 Å². The fourth-order valence-corrected chi connectivity index (χ4v) is 2.21. The lowest BCUT2D eigenvalue weighted by Crippen LogP contribution is -2.38. The van der Waals surface area contributed by atoms with Crippen molar-refractivity contribution in [1.82, 2.24) is 9.88 Å². The summed E-state index contributed by atoms with van der Waals surface area (Å²) in [5.41, 5.74) is 0.289. The van der Waals surface area contributed by atoms with Crippen LogP contribution in [0.3, 0.4) is 0 Å². The third-order valence-electron chi connectivity index (χ3n) is 2.77. The van der Waals surface area contributed by atoms with E-state index in [1.165, 1.54) is 0 Å². The zero-order valence-corrected chi connectivity index (χ0v) is 10.4. The number of ether oxygens (including phenoxy) is 1. The monoisotopic (exact) mass is 251 g/mol. The number of nitriles is 1. The molecule has 1 aliphatic heterocycles. The largest absolute Gasteiger partial charge is 0.489 e. The lowest BCUT2D eigenvalue weighted by molar-refractivity contribution is 0.104. The van der Waals surface area contributed by atoms with Crippen LogP contribution in [0, 0.1) is 11.3 Å². The molecule has 90 valence electrons. The van der Waals surface area contributed by atoms with Gasteiger partial charge < -0.3 is 9.64 Å². The average molecular weight is 252 g/mol. The normalized spacial score (nSPS) is 20.9. The lowest BCUT2D eigenvalue weighted by Gasteiger charge is -2.30. The molecule has 17 heavy (non-hydrogen) atoms. The van der Waals surface area contributed by atoms with E-state index >= 15 is 0 Å². The molecule has 5 heteroatoms. The van der Waals surface area contributed by atoms with Gasteiger partial charge in [-0.05, 0) is 26.4 Å². The molecule has 0 aromatic carbocycles. The van der Waals surface area contributed by atoms with Crippen LogP contribution in [0.2, 0.25) is 5.15 Å². The summed E-state index contributed by atoms with van der Waals surface area (Å²) in [6.07, 6.45) is 2.33. The fraction of sp³-hybridized carbons (Fsp3) is 0.500. The predicted molar refractivity (Wildman–Crippen MR) is 65.1 cm³/mol. The number of rotatable bonds is 2. The molecule has 2 heterocycles. The molecule has 1 unspecified atom stereocenters. The Bertz CT molecular complexity index is 444. The van der Waals surface area contributed by atoms with Crippen LogP contribution in [0.15, 0.2) is 12.1 Å². The van der Waals surface area contributed by atoms with Gasteiger partial charge in [0.15, 0.2) is 0 Å². The highest BCUT2D eigenvalue weighted by Crippen LogP contribution is 2.21. The summed E-state index contributed by atoms with van der Waals surface area (Å²) < 4.78 is 5.83. The van der Waals surface area contributed by atoms with Crippen molar-refractivity contribution in [1.29, 1.82) is 5.26 Å². The first kappa shape index (κ1) is 12.2. The summed E-state index contributed by atoms with van der Waals surface area (Å²) in [7, 11) is 2.08. The topological polar surface area (TPSA) is 49.1 Å². The standard InChI is InChI=1S/C12H14ClN3O/c1-16-4-2-3-10(8-16)17-11-5-9(7-14)15-12(13)6-11/h5-6,10H,2-4,8H2,1H3. The van der Waals surface area contributed by atoms with Crippen molar-refractivity contribution in [2.45, 2.75) is 18.9 Å². The quantitative estimate of drug-likeness (QED) is 0.755. The Morgan fingerprint density at radius 2 is 2.41 bits per heavy atom.